The van der Waals surface area contributed by atoms with E-state index in [1.165, 1.54) is 12.1 Å². The van der Waals surface area contributed by atoms with E-state index in [0.29, 0.717) is 45.9 Å². The Hall–Kier alpha value is -3.29. The van der Waals surface area contributed by atoms with Crippen LogP contribution in [0.25, 0.3) is 16.8 Å². The number of halogens is 3. The van der Waals surface area contributed by atoms with E-state index in [1.807, 2.05) is 0 Å². The molecular weight excluding hydrogens is 383 g/mol. The third-order valence-electron chi connectivity index (χ3n) is 4.86. The number of hydrogen-bond donors (Lipinski definition) is 0. The number of alkyl halides is 2. The van der Waals surface area contributed by atoms with Crippen molar-refractivity contribution in [1.82, 2.24) is 14.5 Å². The minimum atomic E-state index is -2.92. The lowest BCUT2D eigenvalue weighted by Crippen LogP contribution is -2.06. The minimum absolute atomic E-state index is 0.102. The molecule has 0 aliphatic heterocycles. The lowest BCUT2D eigenvalue weighted by Gasteiger charge is -2.11. The van der Waals surface area contributed by atoms with Gasteiger partial charge in [-0.15, -0.1) is 0 Å². The normalized spacial score (nSPS) is 11.6. The summed E-state index contributed by atoms with van der Waals surface area (Å²) in [7, 11) is 0. The average molecular weight is 401 g/mol. The summed E-state index contributed by atoms with van der Waals surface area (Å²) in [6.45, 7) is 2.34. The first-order chi connectivity index (χ1) is 13.8. The first-order valence-electron chi connectivity index (χ1n) is 8.98. The van der Waals surface area contributed by atoms with Crippen LogP contribution in [0.15, 0.2) is 41.1 Å². The number of nitrogens with zero attached hydrogens (tertiary/aromatic N) is 3. The van der Waals surface area contributed by atoms with Crippen molar-refractivity contribution in [2.24, 2.45) is 0 Å². The second-order valence-electron chi connectivity index (χ2n) is 6.77. The van der Waals surface area contributed by atoms with Crippen molar-refractivity contribution in [3.05, 3.63) is 70.8 Å². The zero-order valence-electron chi connectivity index (χ0n) is 16.0. The van der Waals surface area contributed by atoms with Gasteiger partial charge in [-0.05, 0) is 26.8 Å². The van der Waals surface area contributed by atoms with E-state index in [-0.39, 0.29) is 5.75 Å². The van der Waals surface area contributed by atoms with E-state index >= 15 is 0 Å². The number of aryl methyl sites for hydroxylation is 3. The Kier molecular flexibility index (Phi) is 4.77. The Morgan fingerprint density at radius 3 is 2.59 bits per heavy atom. The van der Waals surface area contributed by atoms with Crippen LogP contribution in [0.5, 0.6) is 5.75 Å². The molecule has 29 heavy (non-hydrogen) atoms. The number of benzene rings is 1. The monoisotopic (exact) mass is 401 g/mol. The fourth-order valence-electron chi connectivity index (χ4n) is 3.54. The van der Waals surface area contributed by atoms with Crippen LogP contribution in [-0.4, -0.2) is 21.2 Å². The zero-order valence-corrected chi connectivity index (χ0v) is 16.0. The smallest absolute Gasteiger partial charge is 0.387 e. The van der Waals surface area contributed by atoms with Crippen LogP contribution in [0.3, 0.4) is 0 Å². The molecule has 5 nitrogen and oxygen atoms in total. The molecule has 0 aliphatic carbocycles. The summed E-state index contributed by atoms with van der Waals surface area (Å²) in [5, 5.41) is 3.89. The summed E-state index contributed by atoms with van der Waals surface area (Å²) in [6.07, 6.45) is 1.94. The molecule has 1 aromatic carbocycles. The van der Waals surface area contributed by atoms with Gasteiger partial charge in [0, 0.05) is 35.5 Å². The molecule has 0 saturated heterocycles. The topological polar surface area (TPSA) is 52.6 Å². The summed E-state index contributed by atoms with van der Waals surface area (Å²) in [5.41, 5.74) is 3.94. The Labute approximate surface area is 164 Å². The fraction of sp³-hybridized carbons (Fsp3) is 0.238. The number of rotatable bonds is 5. The van der Waals surface area contributed by atoms with E-state index in [2.05, 4.69) is 14.9 Å². The standard InChI is InChI=1S/C21H18F3N3O2/c1-11-17(8-14-6-4-5-7-18(14)28-21(23)24)27-10-15(16(22)9-19(27)25-11)20-12(2)26-29-13(20)3/h4-7,9-10,21H,8H2,1-3H3. The summed E-state index contributed by atoms with van der Waals surface area (Å²) in [6, 6.07) is 7.94. The molecule has 0 amide bonds. The Bertz CT molecular complexity index is 1180. The van der Waals surface area contributed by atoms with E-state index in [1.54, 1.807) is 49.6 Å². The number of imidazole rings is 1. The van der Waals surface area contributed by atoms with Crippen molar-refractivity contribution in [1.29, 1.82) is 0 Å². The van der Waals surface area contributed by atoms with Gasteiger partial charge in [0.05, 0.1) is 17.0 Å². The van der Waals surface area contributed by atoms with Gasteiger partial charge in [0.1, 0.15) is 23.0 Å². The van der Waals surface area contributed by atoms with Crippen molar-refractivity contribution in [2.75, 3.05) is 0 Å². The molecule has 150 valence electrons. The lowest BCUT2D eigenvalue weighted by atomic mass is 10.1. The highest BCUT2D eigenvalue weighted by atomic mass is 19.3. The van der Waals surface area contributed by atoms with E-state index in [0.717, 1.165) is 5.69 Å². The molecule has 0 spiro atoms. The third kappa shape index (κ3) is 3.46. The van der Waals surface area contributed by atoms with E-state index in [9.17, 15) is 13.2 Å². The first-order valence-corrected chi connectivity index (χ1v) is 8.98. The molecule has 0 fully saturated rings. The summed E-state index contributed by atoms with van der Waals surface area (Å²) < 4.78 is 51.9. The highest BCUT2D eigenvalue weighted by molar-refractivity contribution is 5.69. The molecule has 4 rings (SSSR count). The van der Waals surface area contributed by atoms with E-state index in [4.69, 9.17) is 4.52 Å². The fourth-order valence-corrected chi connectivity index (χ4v) is 3.54. The largest absolute Gasteiger partial charge is 0.435 e. The molecule has 0 saturated carbocycles. The van der Waals surface area contributed by atoms with Crippen LogP contribution in [-0.2, 0) is 6.42 Å². The van der Waals surface area contributed by atoms with Crippen molar-refractivity contribution >= 4 is 5.65 Å². The highest BCUT2D eigenvalue weighted by Gasteiger charge is 2.20. The molecule has 0 atom stereocenters. The van der Waals surface area contributed by atoms with Crippen molar-refractivity contribution < 1.29 is 22.4 Å². The lowest BCUT2D eigenvalue weighted by molar-refractivity contribution is -0.0503. The van der Waals surface area contributed by atoms with Gasteiger partial charge in [-0.25, -0.2) is 9.37 Å². The Morgan fingerprint density at radius 2 is 1.90 bits per heavy atom. The number of ether oxygens (including phenoxy) is 1. The number of fused-ring (bicyclic) bond motifs is 1. The number of aromatic nitrogens is 3. The molecule has 0 aliphatic rings. The first kappa shape index (κ1) is 19.0. The van der Waals surface area contributed by atoms with Gasteiger partial charge in [-0.3, -0.25) is 0 Å². The second-order valence-corrected chi connectivity index (χ2v) is 6.77. The quantitative estimate of drug-likeness (QED) is 0.459. The van der Waals surface area contributed by atoms with Crippen molar-refractivity contribution in [2.45, 2.75) is 33.8 Å². The van der Waals surface area contributed by atoms with Crippen LogP contribution >= 0.6 is 0 Å². The van der Waals surface area contributed by atoms with Crippen LogP contribution < -0.4 is 4.74 Å². The molecule has 3 aromatic heterocycles. The van der Waals surface area contributed by atoms with Gasteiger partial charge in [-0.1, -0.05) is 23.4 Å². The maximum Gasteiger partial charge on any atom is 0.387 e. The molecular formula is C21H18F3N3O2. The summed E-state index contributed by atoms with van der Waals surface area (Å²) in [4.78, 5) is 4.42. The second kappa shape index (κ2) is 7.27. The summed E-state index contributed by atoms with van der Waals surface area (Å²) >= 11 is 0. The molecule has 4 aromatic rings. The molecule has 0 bridgehead atoms. The third-order valence-corrected chi connectivity index (χ3v) is 4.86. The average Bonchev–Trinajstić information content (AvgIpc) is 3.14. The van der Waals surface area contributed by atoms with Gasteiger partial charge < -0.3 is 13.7 Å². The van der Waals surface area contributed by atoms with Crippen LogP contribution in [0.2, 0.25) is 0 Å². The number of hydrogen-bond acceptors (Lipinski definition) is 4. The SMILES string of the molecule is Cc1noc(C)c1-c1cn2c(Cc3ccccc3OC(F)F)c(C)nc2cc1F. The van der Waals surface area contributed by atoms with Gasteiger partial charge in [-0.2, -0.15) is 8.78 Å². The van der Waals surface area contributed by atoms with Crippen LogP contribution in [0, 0.1) is 26.6 Å². The molecule has 3 heterocycles. The Balaban J connectivity index is 1.84. The van der Waals surface area contributed by atoms with Crippen molar-refractivity contribution in [3.8, 4) is 16.9 Å². The van der Waals surface area contributed by atoms with Crippen LogP contribution in [0.4, 0.5) is 13.2 Å². The maximum atomic E-state index is 14.8. The van der Waals surface area contributed by atoms with Gasteiger partial charge >= 0.3 is 6.61 Å². The predicted octanol–water partition coefficient (Wildman–Crippen LogP) is 5.25. The molecule has 0 radical (unpaired) electrons. The number of pyridine rings is 1. The van der Waals surface area contributed by atoms with E-state index < -0.39 is 12.4 Å². The van der Waals surface area contributed by atoms with Crippen LogP contribution in [0.1, 0.15) is 28.4 Å². The molecule has 8 heteroatoms. The minimum Gasteiger partial charge on any atom is -0.435 e. The highest BCUT2D eigenvalue weighted by Crippen LogP contribution is 2.31. The summed E-state index contributed by atoms with van der Waals surface area (Å²) in [5.74, 6) is 0.171. The van der Waals surface area contributed by atoms with Gasteiger partial charge in [0.2, 0.25) is 0 Å². The maximum absolute atomic E-state index is 14.8. The molecule has 0 unspecified atom stereocenters. The predicted molar refractivity (Wildman–Crippen MR) is 101 cm³/mol. The number of para-hydroxylation sites is 1. The van der Waals surface area contributed by atoms with Gasteiger partial charge in [0.15, 0.2) is 0 Å². The zero-order chi connectivity index (χ0) is 20.7. The molecule has 0 N–H and O–H groups in total. The van der Waals surface area contributed by atoms with Gasteiger partial charge in [0.25, 0.3) is 0 Å². The van der Waals surface area contributed by atoms with Crippen molar-refractivity contribution in [3.63, 3.8) is 0 Å². The Morgan fingerprint density at radius 1 is 1.14 bits per heavy atom.